The molecule has 0 aromatic heterocycles. The molecule has 0 amide bonds. The summed E-state index contributed by atoms with van der Waals surface area (Å²) in [6.45, 7) is 1.87. The second-order valence-corrected chi connectivity index (χ2v) is 3.35. The average Bonchev–Trinajstić information content (AvgIpc) is 2.64. The molecule has 0 atom stereocenters. The molecule has 0 saturated heterocycles. The van der Waals surface area contributed by atoms with Crippen LogP contribution in [0.5, 0.6) is 0 Å². The van der Waals surface area contributed by atoms with Gasteiger partial charge in [0, 0.05) is 18.6 Å². The van der Waals surface area contributed by atoms with Crippen LogP contribution in [0.1, 0.15) is 12.6 Å². The van der Waals surface area contributed by atoms with Crippen LogP contribution in [0.2, 0.25) is 0 Å². The van der Waals surface area contributed by atoms with Crippen LogP contribution < -0.4 is 5.56 Å². The number of methoxy groups -OCH3 is 1. The summed E-state index contributed by atoms with van der Waals surface area (Å²) in [5.74, 6) is 1.36. The van der Waals surface area contributed by atoms with Crippen molar-refractivity contribution < 1.29 is 4.74 Å². The van der Waals surface area contributed by atoms with E-state index in [-0.39, 0.29) is 5.56 Å². The fourth-order valence-electron chi connectivity index (χ4n) is 1.54. The van der Waals surface area contributed by atoms with Gasteiger partial charge in [-0.15, -0.1) is 0 Å². The monoisotopic (exact) mass is 219 g/mol. The van der Waals surface area contributed by atoms with Crippen LogP contribution in [-0.2, 0) is 11.2 Å². The van der Waals surface area contributed by atoms with Gasteiger partial charge in [-0.3, -0.25) is 9.36 Å². The highest BCUT2D eigenvalue weighted by atomic mass is 16.5. The molecule has 2 rings (SSSR count). The SMILES string of the molecule is C/C=C(/Cc1nc2c[nH]ccn-2c1=O)OC. The number of imidazole rings is 1. The van der Waals surface area contributed by atoms with Crippen LogP contribution in [-0.4, -0.2) is 21.6 Å². The van der Waals surface area contributed by atoms with Gasteiger partial charge in [0.25, 0.3) is 5.56 Å². The Balaban J connectivity index is 2.43. The number of fused-ring (bicyclic) bond motifs is 1. The van der Waals surface area contributed by atoms with Crippen molar-refractivity contribution in [3.63, 3.8) is 0 Å². The number of aromatic nitrogens is 3. The van der Waals surface area contributed by atoms with E-state index >= 15 is 0 Å². The maximum atomic E-state index is 11.9. The highest BCUT2D eigenvalue weighted by molar-refractivity contribution is 5.26. The van der Waals surface area contributed by atoms with Crippen LogP contribution >= 0.6 is 0 Å². The first-order valence-corrected chi connectivity index (χ1v) is 4.99. The van der Waals surface area contributed by atoms with E-state index in [2.05, 4.69) is 9.97 Å². The molecule has 2 aliphatic heterocycles. The Hall–Kier alpha value is -2.04. The Bertz CT molecular complexity index is 539. The van der Waals surface area contributed by atoms with Gasteiger partial charge in [-0.05, 0) is 13.0 Å². The van der Waals surface area contributed by atoms with Gasteiger partial charge in [0.1, 0.15) is 5.69 Å². The lowest BCUT2D eigenvalue weighted by molar-refractivity contribution is 0.281. The zero-order valence-corrected chi connectivity index (χ0v) is 9.23. The third-order valence-corrected chi connectivity index (χ3v) is 2.42. The molecule has 0 aromatic carbocycles. The summed E-state index contributed by atoms with van der Waals surface area (Å²) in [5.41, 5.74) is 0.398. The molecule has 16 heavy (non-hydrogen) atoms. The van der Waals surface area contributed by atoms with Crippen molar-refractivity contribution >= 4 is 0 Å². The van der Waals surface area contributed by atoms with Gasteiger partial charge < -0.3 is 9.72 Å². The molecule has 0 radical (unpaired) electrons. The first-order valence-electron chi connectivity index (χ1n) is 4.99. The van der Waals surface area contributed by atoms with Crippen molar-refractivity contribution in [1.82, 2.24) is 14.5 Å². The second kappa shape index (κ2) is 4.22. The van der Waals surface area contributed by atoms with Crippen molar-refractivity contribution in [2.45, 2.75) is 13.3 Å². The quantitative estimate of drug-likeness (QED) is 0.786. The number of hydrogen-bond donors (Lipinski definition) is 1. The van der Waals surface area contributed by atoms with Gasteiger partial charge in [-0.2, -0.15) is 0 Å². The Labute approximate surface area is 92.7 Å². The molecule has 2 heterocycles. The Morgan fingerprint density at radius 2 is 2.50 bits per heavy atom. The number of H-pyrrole nitrogens is 1. The van der Waals surface area contributed by atoms with E-state index in [0.717, 1.165) is 5.76 Å². The lowest BCUT2D eigenvalue weighted by atomic mass is 10.3. The Morgan fingerprint density at radius 1 is 1.69 bits per heavy atom. The third-order valence-electron chi connectivity index (χ3n) is 2.42. The zero-order valence-electron chi connectivity index (χ0n) is 9.23. The van der Waals surface area contributed by atoms with Gasteiger partial charge in [0.15, 0.2) is 5.82 Å². The minimum atomic E-state index is -0.0969. The molecule has 0 aliphatic carbocycles. The minimum Gasteiger partial charge on any atom is -0.501 e. The van der Waals surface area contributed by atoms with Crippen LogP contribution in [0.3, 0.4) is 0 Å². The molecular weight excluding hydrogens is 206 g/mol. The fourth-order valence-corrected chi connectivity index (χ4v) is 1.54. The highest BCUT2D eigenvalue weighted by Crippen LogP contribution is 2.07. The van der Waals surface area contributed by atoms with Gasteiger partial charge >= 0.3 is 0 Å². The number of allylic oxidation sites excluding steroid dienone is 2. The number of nitrogens with zero attached hydrogens (tertiary/aromatic N) is 2. The summed E-state index contributed by atoms with van der Waals surface area (Å²) in [6, 6.07) is 0. The van der Waals surface area contributed by atoms with E-state index in [9.17, 15) is 4.79 Å². The molecule has 0 fully saturated rings. The summed E-state index contributed by atoms with van der Waals surface area (Å²) in [6.07, 6.45) is 7.29. The lowest BCUT2D eigenvalue weighted by Gasteiger charge is -2.00. The Kier molecular flexibility index (Phi) is 2.76. The molecule has 84 valence electrons. The van der Waals surface area contributed by atoms with Crippen molar-refractivity contribution in [2.24, 2.45) is 0 Å². The van der Waals surface area contributed by atoms with Crippen molar-refractivity contribution in [2.75, 3.05) is 7.11 Å². The predicted octanol–water partition coefficient (Wildman–Crippen LogP) is 1.09. The largest absolute Gasteiger partial charge is 0.501 e. The third kappa shape index (κ3) is 1.71. The molecule has 1 N–H and O–H groups in total. The van der Waals surface area contributed by atoms with E-state index in [4.69, 9.17) is 4.74 Å². The van der Waals surface area contributed by atoms with Crippen LogP contribution in [0.15, 0.2) is 35.2 Å². The first-order chi connectivity index (χ1) is 7.76. The topological polar surface area (TPSA) is 59.9 Å². The molecule has 0 bridgehead atoms. The first kappa shape index (κ1) is 10.5. The molecule has 0 unspecified atom stereocenters. The summed E-state index contributed by atoms with van der Waals surface area (Å²) in [7, 11) is 1.59. The van der Waals surface area contributed by atoms with Gasteiger partial charge in [0.2, 0.25) is 0 Å². The average molecular weight is 219 g/mol. The fraction of sp³-hybridized carbons (Fsp3) is 0.273. The van der Waals surface area contributed by atoms with Gasteiger partial charge in [0.05, 0.1) is 19.3 Å². The molecule has 0 spiro atoms. The number of rotatable bonds is 3. The van der Waals surface area contributed by atoms with E-state index in [1.165, 1.54) is 4.57 Å². The maximum absolute atomic E-state index is 11.9. The summed E-state index contributed by atoms with van der Waals surface area (Å²) >= 11 is 0. The smallest absolute Gasteiger partial charge is 0.278 e. The van der Waals surface area contributed by atoms with Crippen molar-refractivity contribution in [3.8, 4) is 5.82 Å². The molecule has 2 aliphatic rings. The van der Waals surface area contributed by atoms with Gasteiger partial charge in [-0.25, -0.2) is 4.98 Å². The number of nitrogens with one attached hydrogen (secondary N) is 1. The maximum Gasteiger partial charge on any atom is 0.278 e. The number of hydrogen-bond acceptors (Lipinski definition) is 3. The highest BCUT2D eigenvalue weighted by Gasteiger charge is 2.14. The summed E-state index contributed by atoms with van der Waals surface area (Å²) < 4.78 is 6.63. The van der Waals surface area contributed by atoms with E-state index in [0.29, 0.717) is 17.9 Å². The molecular formula is C11H13N3O2. The lowest BCUT2D eigenvalue weighted by Crippen LogP contribution is -2.15. The molecule has 5 heteroatoms. The van der Waals surface area contributed by atoms with Crippen LogP contribution in [0.25, 0.3) is 5.82 Å². The second-order valence-electron chi connectivity index (χ2n) is 3.35. The predicted molar refractivity (Wildman–Crippen MR) is 59.8 cm³/mol. The van der Waals surface area contributed by atoms with E-state index in [1.54, 1.807) is 25.7 Å². The molecule has 0 saturated carbocycles. The summed E-state index contributed by atoms with van der Waals surface area (Å²) in [4.78, 5) is 19.0. The Morgan fingerprint density at radius 3 is 3.12 bits per heavy atom. The standard InChI is InChI=1S/C11H13N3O2/c1-3-8(16-2)6-9-11(15)14-5-4-12-7-10(14)13-9/h3-5,7,12H,6H2,1-2H3/b8-3-. The van der Waals surface area contributed by atoms with E-state index in [1.807, 2.05) is 13.0 Å². The number of ether oxygens (including phenoxy) is 1. The van der Waals surface area contributed by atoms with Gasteiger partial charge in [-0.1, -0.05) is 0 Å². The number of aromatic amines is 1. The van der Waals surface area contributed by atoms with Crippen LogP contribution in [0.4, 0.5) is 0 Å². The van der Waals surface area contributed by atoms with Crippen LogP contribution in [0, 0.1) is 0 Å². The normalized spacial score (nSPS) is 12.0. The molecule has 0 aromatic rings. The van der Waals surface area contributed by atoms with Crippen molar-refractivity contribution in [3.05, 3.63) is 46.5 Å². The van der Waals surface area contributed by atoms with E-state index < -0.39 is 0 Å². The molecule has 5 nitrogen and oxygen atoms in total. The van der Waals surface area contributed by atoms with Crippen molar-refractivity contribution in [1.29, 1.82) is 0 Å². The minimum absolute atomic E-state index is 0.0969. The zero-order chi connectivity index (χ0) is 11.5. The summed E-state index contributed by atoms with van der Waals surface area (Å²) in [5, 5.41) is 0.